The minimum Gasteiger partial charge on any atom is -0.493 e. The van der Waals surface area contributed by atoms with Crippen molar-refractivity contribution in [3.8, 4) is 5.75 Å². The molecule has 0 aromatic heterocycles. The molecule has 5 heteroatoms. The second-order valence-corrected chi connectivity index (χ2v) is 6.25. The summed E-state index contributed by atoms with van der Waals surface area (Å²) in [6, 6.07) is 13.6. The summed E-state index contributed by atoms with van der Waals surface area (Å²) in [5.74, 6) is 0.937. The van der Waals surface area contributed by atoms with Crippen LogP contribution in [-0.2, 0) is 0 Å². The molecule has 2 amide bonds. The van der Waals surface area contributed by atoms with E-state index >= 15 is 0 Å². The molecule has 2 aromatic carbocycles. The van der Waals surface area contributed by atoms with Gasteiger partial charge in [-0.1, -0.05) is 24.3 Å². The van der Waals surface area contributed by atoms with Crippen LogP contribution in [0.4, 0.5) is 16.2 Å². The topological polar surface area (TPSA) is 53.6 Å². The van der Waals surface area contributed by atoms with Crippen LogP contribution >= 0.6 is 0 Å². The first-order valence-electron chi connectivity index (χ1n) is 8.48. The Kier molecular flexibility index (Phi) is 6.69. The van der Waals surface area contributed by atoms with Gasteiger partial charge in [-0.15, -0.1) is 0 Å². The van der Waals surface area contributed by atoms with E-state index in [9.17, 15) is 4.79 Å². The fourth-order valence-electron chi connectivity index (χ4n) is 2.51. The van der Waals surface area contributed by atoms with Crippen LogP contribution in [0, 0.1) is 13.8 Å². The van der Waals surface area contributed by atoms with E-state index in [1.165, 1.54) is 0 Å². The van der Waals surface area contributed by atoms with Gasteiger partial charge in [-0.2, -0.15) is 0 Å². The summed E-state index contributed by atoms with van der Waals surface area (Å²) >= 11 is 0. The number of rotatable bonds is 7. The molecule has 0 aliphatic rings. The number of hydrogen-bond donors (Lipinski definition) is 2. The van der Waals surface area contributed by atoms with Crippen LogP contribution in [-0.4, -0.2) is 33.3 Å². The van der Waals surface area contributed by atoms with Crippen LogP contribution in [0.25, 0.3) is 0 Å². The Morgan fingerprint density at radius 2 is 1.76 bits per heavy atom. The molecule has 2 rings (SSSR count). The molecule has 0 heterocycles. The smallest absolute Gasteiger partial charge is 0.319 e. The quantitative estimate of drug-likeness (QED) is 0.750. The summed E-state index contributed by atoms with van der Waals surface area (Å²) in [5, 5.41) is 5.70. The Morgan fingerprint density at radius 1 is 1.08 bits per heavy atom. The van der Waals surface area contributed by atoms with E-state index < -0.39 is 0 Å². The van der Waals surface area contributed by atoms with Gasteiger partial charge in [-0.25, -0.2) is 4.79 Å². The first-order chi connectivity index (χ1) is 12.0. The van der Waals surface area contributed by atoms with Gasteiger partial charge >= 0.3 is 6.03 Å². The van der Waals surface area contributed by atoms with E-state index in [2.05, 4.69) is 10.6 Å². The minimum atomic E-state index is -0.206. The van der Waals surface area contributed by atoms with Gasteiger partial charge in [-0.3, -0.25) is 0 Å². The molecule has 0 aliphatic heterocycles. The zero-order valence-corrected chi connectivity index (χ0v) is 15.4. The van der Waals surface area contributed by atoms with Crippen molar-refractivity contribution in [3.63, 3.8) is 0 Å². The maximum absolute atomic E-state index is 12.0. The van der Waals surface area contributed by atoms with E-state index in [1.807, 2.05) is 75.3 Å². The SMILES string of the molecule is Cc1cccc(C)c1OCCCNC(=O)Nc1cccc(N(C)C)c1. The number of nitrogens with zero attached hydrogens (tertiary/aromatic N) is 1. The molecule has 134 valence electrons. The molecule has 2 aromatic rings. The number of anilines is 2. The van der Waals surface area contributed by atoms with E-state index in [4.69, 9.17) is 4.74 Å². The van der Waals surface area contributed by atoms with Crippen molar-refractivity contribution in [2.24, 2.45) is 0 Å². The lowest BCUT2D eigenvalue weighted by molar-refractivity contribution is 0.250. The molecule has 2 N–H and O–H groups in total. The van der Waals surface area contributed by atoms with Gasteiger partial charge < -0.3 is 20.3 Å². The maximum Gasteiger partial charge on any atom is 0.319 e. The average molecular weight is 341 g/mol. The third kappa shape index (κ3) is 5.71. The Bertz CT molecular complexity index is 694. The lowest BCUT2D eigenvalue weighted by atomic mass is 10.1. The van der Waals surface area contributed by atoms with Gasteiger partial charge in [0.05, 0.1) is 6.61 Å². The highest BCUT2D eigenvalue weighted by molar-refractivity contribution is 5.89. The number of aryl methyl sites for hydroxylation is 2. The molecule has 0 radical (unpaired) electrons. The predicted octanol–water partition coefficient (Wildman–Crippen LogP) is 3.96. The summed E-state index contributed by atoms with van der Waals surface area (Å²) in [5.41, 5.74) is 4.08. The molecule has 0 spiro atoms. The van der Waals surface area contributed by atoms with Crippen LogP contribution in [0.5, 0.6) is 5.75 Å². The van der Waals surface area contributed by atoms with Crippen molar-refractivity contribution < 1.29 is 9.53 Å². The molecule has 5 nitrogen and oxygen atoms in total. The highest BCUT2D eigenvalue weighted by Crippen LogP contribution is 2.22. The third-order valence-electron chi connectivity index (χ3n) is 3.88. The number of nitrogens with one attached hydrogen (secondary N) is 2. The minimum absolute atomic E-state index is 0.206. The van der Waals surface area contributed by atoms with E-state index in [-0.39, 0.29) is 6.03 Å². The van der Waals surface area contributed by atoms with Crippen molar-refractivity contribution in [2.45, 2.75) is 20.3 Å². The Morgan fingerprint density at radius 3 is 2.44 bits per heavy atom. The number of benzene rings is 2. The standard InChI is InChI=1S/C20H27N3O2/c1-15-8-5-9-16(2)19(15)25-13-7-12-21-20(24)22-17-10-6-11-18(14-17)23(3)4/h5-6,8-11,14H,7,12-13H2,1-4H3,(H2,21,22,24). The molecular weight excluding hydrogens is 314 g/mol. The number of para-hydroxylation sites is 1. The van der Waals surface area contributed by atoms with Gasteiger partial charge in [-0.05, 0) is 49.6 Å². The molecule has 0 unspecified atom stereocenters. The van der Waals surface area contributed by atoms with Crippen LogP contribution in [0.3, 0.4) is 0 Å². The number of hydrogen-bond acceptors (Lipinski definition) is 3. The summed E-state index contributed by atoms with van der Waals surface area (Å²) in [7, 11) is 3.94. The van der Waals surface area contributed by atoms with Crippen molar-refractivity contribution in [1.82, 2.24) is 5.32 Å². The summed E-state index contributed by atoms with van der Waals surface area (Å²) in [6.45, 7) is 5.21. The molecule has 0 atom stereocenters. The molecule has 0 fully saturated rings. The van der Waals surface area contributed by atoms with Crippen molar-refractivity contribution in [1.29, 1.82) is 0 Å². The molecule has 0 saturated carbocycles. The Labute approximate surface area is 150 Å². The van der Waals surface area contributed by atoms with Gasteiger partial charge in [0.1, 0.15) is 5.75 Å². The first-order valence-corrected chi connectivity index (χ1v) is 8.48. The molecule has 0 bridgehead atoms. The third-order valence-corrected chi connectivity index (χ3v) is 3.88. The zero-order chi connectivity index (χ0) is 18.2. The lowest BCUT2D eigenvalue weighted by Gasteiger charge is -2.14. The predicted molar refractivity (Wildman–Crippen MR) is 104 cm³/mol. The average Bonchev–Trinajstić information content (AvgIpc) is 2.57. The van der Waals surface area contributed by atoms with Gasteiger partial charge in [0.15, 0.2) is 0 Å². The normalized spacial score (nSPS) is 10.2. The maximum atomic E-state index is 12.0. The first kappa shape index (κ1) is 18.6. The fraction of sp³-hybridized carbons (Fsp3) is 0.350. The fourth-order valence-corrected chi connectivity index (χ4v) is 2.51. The number of urea groups is 1. The number of amides is 2. The van der Waals surface area contributed by atoms with Gasteiger partial charge in [0, 0.05) is 32.0 Å². The lowest BCUT2D eigenvalue weighted by Crippen LogP contribution is -2.30. The van der Waals surface area contributed by atoms with E-state index in [1.54, 1.807) is 0 Å². The van der Waals surface area contributed by atoms with Crippen LogP contribution in [0.2, 0.25) is 0 Å². The second kappa shape index (κ2) is 8.97. The number of ether oxygens (including phenoxy) is 1. The Balaban J connectivity index is 1.71. The van der Waals surface area contributed by atoms with E-state index in [0.717, 1.165) is 34.7 Å². The van der Waals surface area contributed by atoms with Gasteiger partial charge in [0.25, 0.3) is 0 Å². The summed E-state index contributed by atoms with van der Waals surface area (Å²) < 4.78 is 5.83. The molecular formula is C20H27N3O2. The highest BCUT2D eigenvalue weighted by Gasteiger charge is 2.05. The van der Waals surface area contributed by atoms with Crippen molar-refractivity contribution in [2.75, 3.05) is 37.5 Å². The summed E-state index contributed by atoms with van der Waals surface area (Å²) in [6.07, 6.45) is 0.749. The zero-order valence-electron chi connectivity index (χ0n) is 15.4. The second-order valence-electron chi connectivity index (χ2n) is 6.25. The largest absolute Gasteiger partial charge is 0.493 e. The van der Waals surface area contributed by atoms with Crippen LogP contribution < -0.4 is 20.3 Å². The molecule has 0 saturated heterocycles. The van der Waals surface area contributed by atoms with Crippen molar-refractivity contribution in [3.05, 3.63) is 53.6 Å². The molecule has 25 heavy (non-hydrogen) atoms. The van der Waals surface area contributed by atoms with E-state index in [0.29, 0.717) is 13.2 Å². The van der Waals surface area contributed by atoms with Crippen LogP contribution in [0.15, 0.2) is 42.5 Å². The van der Waals surface area contributed by atoms with Crippen molar-refractivity contribution >= 4 is 17.4 Å². The monoisotopic (exact) mass is 341 g/mol. The Hall–Kier alpha value is -2.69. The number of carbonyl (C=O) groups is 1. The highest BCUT2D eigenvalue weighted by atomic mass is 16.5. The molecule has 0 aliphatic carbocycles. The van der Waals surface area contributed by atoms with Gasteiger partial charge in [0.2, 0.25) is 0 Å². The number of carbonyl (C=O) groups excluding carboxylic acids is 1. The van der Waals surface area contributed by atoms with Crippen LogP contribution in [0.1, 0.15) is 17.5 Å². The summed E-state index contributed by atoms with van der Waals surface area (Å²) in [4.78, 5) is 14.0.